The van der Waals surface area contributed by atoms with Gasteiger partial charge in [0.15, 0.2) is 0 Å². The Labute approximate surface area is 89.5 Å². The van der Waals surface area contributed by atoms with E-state index in [4.69, 9.17) is 16.3 Å². The first-order chi connectivity index (χ1) is 6.69. The van der Waals surface area contributed by atoms with E-state index in [-0.39, 0.29) is 6.10 Å². The molecule has 1 aromatic heterocycles. The van der Waals surface area contributed by atoms with E-state index in [1.165, 1.54) is 6.33 Å². The SMILES string of the molecule is CCc1c(Cl)ncnc1OC(C)CC. The van der Waals surface area contributed by atoms with Crippen LogP contribution in [0.3, 0.4) is 0 Å². The Bertz CT molecular complexity index is 304. The summed E-state index contributed by atoms with van der Waals surface area (Å²) >= 11 is 5.93. The molecule has 0 amide bonds. The van der Waals surface area contributed by atoms with Crippen molar-refractivity contribution in [2.24, 2.45) is 0 Å². The molecule has 0 fully saturated rings. The molecule has 4 heteroatoms. The topological polar surface area (TPSA) is 35.0 Å². The van der Waals surface area contributed by atoms with Crippen molar-refractivity contribution in [1.29, 1.82) is 0 Å². The number of aromatic nitrogens is 2. The number of rotatable bonds is 4. The Hall–Kier alpha value is -0.830. The Morgan fingerprint density at radius 3 is 2.71 bits per heavy atom. The van der Waals surface area contributed by atoms with Crippen LogP contribution < -0.4 is 4.74 Å². The minimum atomic E-state index is 0.159. The van der Waals surface area contributed by atoms with Gasteiger partial charge >= 0.3 is 0 Å². The highest BCUT2D eigenvalue weighted by Crippen LogP contribution is 2.23. The van der Waals surface area contributed by atoms with Crippen LogP contribution in [-0.2, 0) is 6.42 Å². The molecule has 3 nitrogen and oxygen atoms in total. The molecule has 0 saturated heterocycles. The van der Waals surface area contributed by atoms with Crippen LogP contribution >= 0.6 is 11.6 Å². The summed E-state index contributed by atoms with van der Waals surface area (Å²) in [6, 6.07) is 0. The minimum absolute atomic E-state index is 0.159. The average Bonchev–Trinajstić information content (AvgIpc) is 2.18. The van der Waals surface area contributed by atoms with E-state index in [9.17, 15) is 0 Å². The van der Waals surface area contributed by atoms with Gasteiger partial charge in [-0.05, 0) is 19.8 Å². The summed E-state index contributed by atoms with van der Waals surface area (Å²) in [6.07, 6.45) is 3.32. The number of hydrogen-bond donors (Lipinski definition) is 0. The number of nitrogens with zero attached hydrogens (tertiary/aromatic N) is 2. The fourth-order valence-electron chi connectivity index (χ4n) is 1.05. The first-order valence-electron chi connectivity index (χ1n) is 4.85. The molecular formula is C10H15ClN2O. The van der Waals surface area contributed by atoms with Gasteiger partial charge in [-0.2, -0.15) is 0 Å². The number of hydrogen-bond acceptors (Lipinski definition) is 3. The monoisotopic (exact) mass is 214 g/mol. The zero-order valence-corrected chi connectivity index (χ0v) is 9.51. The van der Waals surface area contributed by atoms with Gasteiger partial charge in [-0.25, -0.2) is 9.97 Å². The molecule has 0 aliphatic rings. The van der Waals surface area contributed by atoms with Crippen molar-refractivity contribution in [3.63, 3.8) is 0 Å². The quantitative estimate of drug-likeness (QED) is 0.723. The molecule has 0 aliphatic carbocycles. The van der Waals surface area contributed by atoms with E-state index >= 15 is 0 Å². The lowest BCUT2D eigenvalue weighted by Gasteiger charge is -2.14. The number of halogens is 1. The average molecular weight is 215 g/mol. The first-order valence-corrected chi connectivity index (χ1v) is 5.22. The van der Waals surface area contributed by atoms with E-state index in [0.717, 1.165) is 18.4 Å². The minimum Gasteiger partial charge on any atom is -0.474 e. The summed E-state index contributed by atoms with van der Waals surface area (Å²) < 4.78 is 5.63. The van der Waals surface area contributed by atoms with E-state index < -0.39 is 0 Å². The van der Waals surface area contributed by atoms with Crippen molar-refractivity contribution in [3.8, 4) is 5.88 Å². The Morgan fingerprint density at radius 2 is 2.14 bits per heavy atom. The smallest absolute Gasteiger partial charge is 0.221 e. The van der Waals surface area contributed by atoms with E-state index in [0.29, 0.717) is 11.0 Å². The van der Waals surface area contributed by atoms with Crippen molar-refractivity contribution in [2.75, 3.05) is 0 Å². The van der Waals surface area contributed by atoms with Crippen LogP contribution in [0.1, 0.15) is 32.8 Å². The maximum absolute atomic E-state index is 5.93. The van der Waals surface area contributed by atoms with Gasteiger partial charge in [0, 0.05) is 0 Å². The zero-order chi connectivity index (χ0) is 10.6. The molecule has 0 saturated carbocycles. The van der Waals surface area contributed by atoms with Crippen molar-refractivity contribution in [1.82, 2.24) is 9.97 Å². The molecule has 1 unspecified atom stereocenters. The van der Waals surface area contributed by atoms with Crippen molar-refractivity contribution in [3.05, 3.63) is 17.0 Å². The van der Waals surface area contributed by atoms with E-state index in [1.54, 1.807) is 0 Å². The lowest BCUT2D eigenvalue weighted by Crippen LogP contribution is -2.12. The molecule has 0 N–H and O–H groups in total. The van der Waals surface area contributed by atoms with Gasteiger partial charge in [-0.15, -0.1) is 0 Å². The first kappa shape index (κ1) is 11.2. The van der Waals surface area contributed by atoms with Crippen LogP contribution in [0.2, 0.25) is 5.15 Å². The Kier molecular flexibility index (Phi) is 4.14. The van der Waals surface area contributed by atoms with Crippen LogP contribution in [0.15, 0.2) is 6.33 Å². The molecule has 1 heterocycles. The summed E-state index contributed by atoms with van der Waals surface area (Å²) in [7, 11) is 0. The predicted molar refractivity (Wildman–Crippen MR) is 56.8 cm³/mol. The highest BCUT2D eigenvalue weighted by molar-refractivity contribution is 6.30. The van der Waals surface area contributed by atoms with Gasteiger partial charge in [0.2, 0.25) is 5.88 Å². The summed E-state index contributed by atoms with van der Waals surface area (Å²) in [4.78, 5) is 8.00. The fraction of sp³-hybridized carbons (Fsp3) is 0.600. The highest BCUT2D eigenvalue weighted by atomic mass is 35.5. The summed E-state index contributed by atoms with van der Waals surface area (Å²) in [5, 5.41) is 0.487. The van der Waals surface area contributed by atoms with E-state index in [2.05, 4.69) is 16.9 Å². The second kappa shape index (κ2) is 5.15. The summed E-state index contributed by atoms with van der Waals surface area (Å²) in [5.41, 5.74) is 0.884. The third-order valence-electron chi connectivity index (χ3n) is 2.09. The lowest BCUT2D eigenvalue weighted by atomic mass is 10.2. The normalized spacial score (nSPS) is 12.6. The molecule has 0 aromatic carbocycles. The van der Waals surface area contributed by atoms with Crippen LogP contribution in [0.4, 0.5) is 0 Å². The predicted octanol–water partition coefficient (Wildman–Crippen LogP) is 2.87. The molecule has 1 aromatic rings. The van der Waals surface area contributed by atoms with Crippen LogP contribution in [0.5, 0.6) is 5.88 Å². The molecule has 0 aliphatic heterocycles. The fourth-order valence-corrected chi connectivity index (χ4v) is 1.31. The van der Waals surface area contributed by atoms with Crippen LogP contribution in [0, 0.1) is 0 Å². The molecule has 0 radical (unpaired) electrons. The third-order valence-corrected chi connectivity index (χ3v) is 2.42. The lowest BCUT2D eigenvalue weighted by molar-refractivity contribution is 0.206. The van der Waals surface area contributed by atoms with Crippen molar-refractivity contribution >= 4 is 11.6 Å². The van der Waals surface area contributed by atoms with E-state index in [1.807, 2.05) is 13.8 Å². The van der Waals surface area contributed by atoms with Gasteiger partial charge in [-0.3, -0.25) is 0 Å². The molecular weight excluding hydrogens is 200 g/mol. The van der Waals surface area contributed by atoms with Crippen molar-refractivity contribution in [2.45, 2.75) is 39.7 Å². The zero-order valence-electron chi connectivity index (χ0n) is 8.75. The van der Waals surface area contributed by atoms with Gasteiger partial charge in [0.05, 0.1) is 11.7 Å². The Morgan fingerprint density at radius 1 is 1.43 bits per heavy atom. The third kappa shape index (κ3) is 2.58. The molecule has 1 atom stereocenters. The van der Waals surface area contributed by atoms with Crippen LogP contribution in [-0.4, -0.2) is 16.1 Å². The standard InChI is InChI=1S/C10H15ClN2O/c1-4-7(3)14-10-8(5-2)9(11)12-6-13-10/h6-7H,4-5H2,1-3H3. The number of ether oxygens (including phenoxy) is 1. The maximum atomic E-state index is 5.93. The van der Waals surface area contributed by atoms with Gasteiger partial charge in [0.25, 0.3) is 0 Å². The maximum Gasteiger partial charge on any atom is 0.221 e. The molecule has 1 rings (SSSR count). The van der Waals surface area contributed by atoms with Gasteiger partial charge in [0.1, 0.15) is 11.5 Å². The van der Waals surface area contributed by atoms with Crippen molar-refractivity contribution < 1.29 is 4.74 Å². The molecule has 0 bridgehead atoms. The Balaban J connectivity index is 2.90. The second-order valence-corrected chi connectivity index (χ2v) is 3.50. The largest absolute Gasteiger partial charge is 0.474 e. The van der Waals surface area contributed by atoms with Gasteiger partial charge < -0.3 is 4.74 Å². The highest BCUT2D eigenvalue weighted by Gasteiger charge is 2.11. The summed E-state index contributed by atoms with van der Waals surface area (Å²) in [6.45, 7) is 6.09. The molecule has 78 valence electrons. The summed E-state index contributed by atoms with van der Waals surface area (Å²) in [5.74, 6) is 0.613. The molecule has 14 heavy (non-hydrogen) atoms. The second-order valence-electron chi connectivity index (χ2n) is 3.14. The van der Waals surface area contributed by atoms with Gasteiger partial charge in [-0.1, -0.05) is 25.4 Å². The molecule has 0 spiro atoms. The van der Waals surface area contributed by atoms with Crippen LogP contribution in [0.25, 0.3) is 0 Å².